The molecule has 2 aromatic rings. The van der Waals surface area contributed by atoms with Gasteiger partial charge >= 0.3 is 0 Å². The van der Waals surface area contributed by atoms with Gasteiger partial charge in [-0.25, -0.2) is 12.8 Å². The van der Waals surface area contributed by atoms with Crippen molar-refractivity contribution in [3.8, 4) is 5.75 Å². The molecule has 0 aliphatic carbocycles. The largest absolute Gasteiger partial charge is 0.494 e. The first-order valence-corrected chi connectivity index (χ1v) is 8.33. The molecule has 21 heavy (non-hydrogen) atoms. The van der Waals surface area contributed by atoms with Crippen molar-refractivity contribution < 1.29 is 17.5 Å². The average molecular weight is 330 g/mol. The van der Waals surface area contributed by atoms with E-state index >= 15 is 0 Å². The smallest absolute Gasteiger partial charge is 0.263 e. The SMILES string of the molecule is COc1ccc(NS(=O)(=O)c2cc(CN)sc2C)cc1F. The summed E-state index contributed by atoms with van der Waals surface area (Å²) >= 11 is 1.32. The van der Waals surface area contributed by atoms with E-state index in [1.807, 2.05) is 0 Å². The van der Waals surface area contributed by atoms with Crippen LogP contribution in [0.2, 0.25) is 0 Å². The quantitative estimate of drug-likeness (QED) is 0.882. The number of aryl methyl sites for hydroxylation is 1. The minimum atomic E-state index is -3.77. The predicted molar refractivity (Wildman–Crippen MR) is 80.7 cm³/mol. The van der Waals surface area contributed by atoms with E-state index in [-0.39, 0.29) is 22.9 Å². The van der Waals surface area contributed by atoms with E-state index in [0.29, 0.717) is 4.88 Å². The molecule has 1 aromatic heterocycles. The number of hydrogen-bond donors (Lipinski definition) is 2. The van der Waals surface area contributed by atoms with Gasteiger partial charge in [0.1, 0.15) is 4.90 Å². The summed E-state index contributed by atoms with van der Waals surface area (Å²) < 4.78 is 45.4. The highest BCUT2D eigenvalue weighted by Gasteiger charge is 2.20. The summed E-state index contributed by atoms with van der Waals surface area (Å²) in [5.74, 6) is -0.586. The number of nitrogens with one attached hydrogen (secondary N) is 1. The number of thiophene rings is 1. The molecule has 0 saturated heterocycles. The standard InChI is InChI=1S/C13H15FN2O3S2/c1-8-13(6-10(7-15)20-8)21(17,18)16-9-3-4-12(19-2)11(14)5-9/h3-6,16H,7,15H2,1-2H3. The molecule has 0 atom stereocenters. The van der Waals surface area contributed by atoms with Gasteiger partial charge < -0.3 is 10.5 Å². The highest BCUT2D eigenvalue weighted by molar-refractivity contribution is 7.93. The maximum absolute atomic E-state index is 13.6. The third kappa shape index (κ3) is 3.34. The van der Waals surface area contributed by atoms with E-state index in [4.69, 9.17) is 10.5 Å². The van der Waals surface area contributed by atoms with Crippen molar-refractivity contribution in [3.63, 3.8) is 0 Å². The number of ether oxygens (including phenoxy) is 1. The summed E-state index contributed by atoms with van der Waals surface area (Å²) in [6, 6.07) is 5.40. The van der Waals surface area contributed by atoms with Crippen molar-refractivity contribution in [2.24, 2.45) is 5.73 Å². The van der Waals surface area contributed by atoms with Gasteiger partial charge in [-0.1, -0.05) is 0 Å². The van der Waals surface area contributed by atoms with Crippen LogP contribution in [0.4, 0.5) is 10.1 Å². The minimum Gasteiger partial charge on any atom is -0.494 e. The zero-order valence-corrected chi connectivity index (χ0v) is 13.1. The molecule has 0 aliphatic rings. The minimum absolute atomic E-state index is 0.0510. The number of hydrogen-bond acceptors (Lipinski definition) is 5. The van der Waals surface area contributed by atoms with Crippen LogP contribution in [0.3, 0.4) is 0 Å². The fraction of sp³-hybridized carbons (Fsp3) is 0.231. The molecule has 0 aliphatic heterocycles. The Kier molecular flexibility index (Phi) is 4.50. The van der Waals surface area contributed by atoms with Crippen molar-refractivity contribution in [3.05, 3.63) is 39.8 Å². The molecule has 0 fully saturated rings. The third-order valence-corrected chi connectivity index (χ3v) is 5.53. The fourth-order valence-corrected chi connectivity index (χ4v) is 4.40. The van der Waals surface area contributed by atoms with Crippen molar-refractivity contribution in [1.29, 1.82) is 0 Å². The van der Waals surface area contributed by atoms with Gasteiger partial charge in [-0.15, -0.1) is 11.3 Å². The van der Waals surface area contributed by atoms with Gasteiger partial charge in [-0.2, -0.15) is 0 Å². The average Bonchev–Trinajstić information content (AvgIpc) is 2.81. The summed E-state index contributed by atoms with van der Waals surface area (Å²) in [6.07, 6.45) is 0. The van der Waals surface area contributed by atoms with Crippen LogP contribution in [-0.2, 0) is 16.6 Å². The Morgan fingerprint density at radius 2 is 2.10 bits per heavy atom. The van der Waals surface area contributed by atoms with Crippen molar-refractivity contribution in [2.45, 2.75) is 18.4 Å². The van der Waals surface area contributed by atoms with Gasteiger partial charge in [-0.3, -0.25) is 4.72 Å². The van der Waals surface area contributed by atoms with Crippen LogP contribution in [0.1, 0.15) is 9.75 Å². The number of halogens is 1. The van der Waals surface area contributed by atoms with Crippen LogP contribution >= 0.6 is 11.3 Å². The van der Waals surface area contributed by atoms with E-state index in [2.05, 4.69) is 4.72 Å². The number of rotatable bonds is 5. The summed E-state index contributed by atoms with van der Waals surface area (Å²) in [5, 5.41) is 0. The molecule has 3 N–H and O–H groups in total. The normalized spacial score (nSPS) is 11.4. The van der Waals surface area contributed by atoms with Gasteiger partial charge in [-0.05, 0) is 25.1 Å². The monoisotopic (exact) mass is 330 g/mol. The lowest BCUT2D eigenvalue weighted by Gasteiger charge is -2.09. The second-order valence-electron chi connectivity index (χ2n) is 4.29. The highest BCUT2D eigenvalue weighted by atomic mass is 32.2. The van der Waals surface area contributed by atoms with E-state index < -0.39 is 15.8 Å². The first kappa shape index (κ1) is 15.7. The predicted octanol–water partition coefficient (Wildman–Crippen LogP) is 2.46. The number of benzene rings is 1. The Morgan fingerprint density at radius 1 is 1.38 bits per heavy atom. The number of sulfonamides is 1. The van der Waals surface area contributed by atoms with Crippen LogP contribution in [0, 0.1) is 12.7 Å². The van der Waals surface area contributed by atoms with Gasteiger partial charge in [0.25, 0.3) is 10.0 Å². The third-order valence-electron chi connectivity index (χ3n) is 2.82. The molecular formula is C13H15FN2O3S2. The maximum atomic E-state index is 13.6. The summed E-state index contributed by atoms with van der Waals surface area (Å²) in [7, 11) is -2.43. The molecule has 0 unspecified atom stereocenters. The molecule has 2 rings (SSSR count). The van der Waals surface area contributed by atoms with Crippen LogP contribution in [-0.4, -0.2) is 15.5 Å². The summed E-state index contributed by atoms with van der Waals surface area (Å²) in [5.41, 5.74) is 5.64. The van der Waals surface area contributed by atoms with Crippen LogP contribution in [0.25, 0.3) is 0 Å². The molecule has 0 radical (unpaired) electrons. The molecule has 0 amide bonds. The lowest BCUT2D eigenvalue weighted by atomic mass is 10.3. The van der Waals surface area contributed by atoms with Crippen LogP contribution in [0.5, 0.6) is 5.75 Å². The molecule has 1 heterocycles. The van der Waals surface area contributed by atoms with Gasteiger partial charge in [0.15, 0.2) is 11.6 Å². The number of methoxy groups -OCH3 is 1. The summed E-state index contributed by atoms with van der Waals surface area (Å²) in [4.78, 5) is 1.56. The number of nitrogens with two attached hydrogens (primary N) is 1. The molecular weight excluding hydrogens is 315 g/mol. The lowest BCUT2D eigenvalue weighted by molar-refractivity contribution is 0.386. The van der Waals surface area contributed by atoms with E-state index in [0.717, 1.165) is 10.9 Å². The highest BCUT2D eigenvalue weighted by Crippen LogP contribution is 2.28. The van der Waals surface area contributed by atoms with Crippen molar-refractivity contribution in [2.75, 3.05) is 11.8 Å². The van der Waals surface area contributed by atoms with Crippen LogP contribution in [0.15, 0.2) is 29.2 Å². The molecule has 114 valence electrons. The maximum Gasteiger partial charge on any atom is 0.263 e. The Balaban J connectivity index is 2.32. The second kappa shape index (κ2) is 6.00. The van der Waals surface area contributed by atoms with Gasteiger partial charge in [0.2, 0.25) is 0 Å². The number of anilines is 1. The van der Waals surface area contributed by atoms with Crippen LogP contribution < -0.4 is 15.2 Å². The Bertz CT molecular complexity index is 757. The first-order chi connectivity index (χ1) is 9.87. The zero-order valence-electron chi connectivity index (χ0n) is 11.5. The van der Waals surface area contributed by atoms with Crippen molar-refractivity contribution >= 4 is 27.0 Å². The molecule has 5 nitrogen and oxygen atoms in total. The van der Waals surface area contributed by atoms with E-state index in [1.54, 1.807) is 6.92 Å². The molecule has 0 saturated carbocycles. The zero-order chi connectivity index (χ0) is 15.6. The molecule has 0 spiro atoms. The topological polar surface area (TPSA) is 81.4 Å². The molecule has 0 bridgehead atoms. The summed E-state index contributed by atoms with van der Waals surface area (Å²) in [6.45, 7) is 1.98. The van der Waals surface area contributed by atoms with E-state index in [1.165, 1.54) is 36.6 Å². The Hall–Kier alpha value is -1.64. The van der Waals surface area contributed by atoms with E-state index in [9.17, 15) is 12.8 Å². The fourth-order valence-electron chi connectivity index (χ4n) is 1.83. The Labute approximate surface area is 126 Å². The van der Waals surface area contributed by atoms with Crippen molar-refractivity contribution in [1.82, 2.24) is 0 Å². The Morgan fingerprint density at radius 3 is 2.62 bits per heavy atom. The second-order valence-corrected chi connectivity index (χ2v) is 7.28. The lowest BCUT2D eigenvalue weighted by Crippen LogP contribution is -2.13. The first-order valence-electron chi connectivity index (χ1n) is 6.03. The molecule has 1 aromatic carbocycles. The van der Waals surface area contributed by atoms with Gasteiger partial charge in [0.05, 0.1) is 12.8 Å². The molecule has 8 heteroatoms. The van der Waals surface area contributed by atoms with Gasteiger partial charge in [0, 0.05) is 22.4 Å².